The van der Waals surface area contributed by atoms with E-state index in [0.717, 1.165) is 28.6 Å². The third-order valence-electron chi connectivity index (χ3n) is 5.16. The highest BCUT2D eigenvalue weighted by molar-refractivity contribution is 5.92. The number of pyridine rings is 1. The molecule has 0 radical (unpaired) electrons. The van der Waals surface area contributed by atoms with Gasteiger partial charge in [-0.2, -0.15) is 0 Å². The van der Waals surface area contributed by atoms with E-state index in [2.05, 4.69) is 24.0 Å². The summed E-state index contributed by atoms with van der Waals surface area (Å²) in [5.41, 5.74) is 7.25. The van der Waals surface area contributed by atoms with Crippen LogP contribution in [0.3, 0.4) is 0 Å². The first-order valence-electron chi connectivity index (χ1n) is 10.5. The van der Waals surface area contributed by atoms with Crippen LogP contribution in [0.2, 0.25) is 0 Å². The zero-order valence-corrected chi connectivity index (χ0v) is 16.7. The second kappa shape index (κ2) is 11.8. The van der Waals surface area contributed by atoms with Gasteiger partial charge in [0.15, 0.2) is 0 Å². The summed E-state index contributed by atoms with van der Waals surface area (Å²) in [7, 11) is 1.67. The predicted molar refractivity (Wildman–Crippen MR) is 113 cm³/mol. The van der Waals surface area contributed by atoms with Gasteiger partial charge in [-0.1, -0.05) is 77.2 Å². The van der Waals surface area contributed by atoms with Crippen molar-refractivity contribution >= 4 is 16.6 Å². The maximum atomic E-state index is 6.14. The molecule has 144 valence electrons. The quantitative estimate of drug-likeness (QED) is 0.407. The first-order valence-corrected chi connectivity index (χ1v) is 10.5. The van der Waals surface area contributed by atoms with Crippen molar-refractivity contribution in [1.29, 1.82) is 0 Å². The lowest BCUT2D eigenvalue weighted by Gasteiger charge is -2.08. The van der Waals surface area contributed by atoms with Gasteiger partial charge >= 0.3 is 0 Å². The average Bonchev–Trinajstić information content (AvgIpc) is 2.66. The molecule has 0 aliphatic heterocycles. The maximum Gasteiger partial charge on any atom is 0.131 e. The van der Waals surface area contributed by atoms with Crippen LogP contribution in [0.4, 0.5) is 5.82 Å². The van der Waals surface area contributed by atoms with Gasteiger partial charge < -0.3 is 10.5 Å². The van der Waals surface area contributed by atoms with E-state index in [-0.39, 0.29) is 0 Å². The summed E-state index contributed by atoms with van der Waals surface area (Å²) in [5, 5.41) is 2.13. The number of anilines is 1. The largest absolute Gasteiger partial charge is 0.497 e. The van der Waals surface area contributed by atoms with Gasteiger partial charge in [0.1, 0.15) is 11.6 Å². The Morgan fingerprint density at radius 1 is 0.846 bits per heavy atom. The highest BCUT2D eigenvalue weighted by Crippen LogP contribution is 2.26. The van der Waals surface area contributed by atoms with Gasteiger partial charge in [0.2, 0.25) is 0 Å². The third-order valence-corrected chi connectivity index (χ3v) is 5.16. The second-order valence-corrected chi connectivity index (χ2v) is 7.37. The van der Waals surface area contributed by atoms with Crippen LogP contribution in [0, 0.1) is 0 Å². The molecule has 0 amide bonds. The summed E-state index contributed by atoms with van der Waals surface area (Å²) in [6, 6.07) is 8.18. The van der Waals surface area contributed by atoms with E-state index in [9.17, 15) is 0 Å². The number of hydrogen-bond donors (Lipinski definition) is 1. The topological polar surface area (TPSA) is 48.1 Å². The Labute approximate surface area is 159 Å². The Kier molecular flexibility index (Phi) is 9.30. The first kappa shape index (κ1) is 20.5. The number of rotatable bonds is 13. The highest BCUT2D eigenvalue weighted by atomic mass is 16.5. The molecule has 0 saturated heterocycles. The molecule has 3 nitrogen and oxygen atoms in total. The van der Waals surface area contributed by atoms with Crippen molar-refractivity contribution in [3.05, 3.63) is 30.0 Å². The molecular formula is C23H36N2O. The Morgan fingerprint density at radius 2 is 1.46 bits per heavy atom. The van der Waals surface area contributed by atoms with Gasteiger partial charge in [-0.05, 0) is 36.4 Å². The average molecular weight is 357 g/mol. The minimum atomic E-state index is 0.611. The fraction of sp³-hybridized carbons (Fsp3) is 0.609. The van der Waals surface area contributed by atoms with Crippen LogP contribution >= 0.6 is 0 Å². The lowest BCUT2D eigenvalue weighted by molar-refractivity contribution is 0.415. The molecule has 26 heavy (non-hydrogen) atoms. The van der Waals surface area contributed by atoms with Crippen molar-refractivity contribution in [2.45, 2.75) is 84.0 Å². The molecule has 2 N–H and O–H groups in total. The van der Waals surface area contributed by atoms with Crippen LogP contribution in [-0.4, -0.2) is 12.1 Å². The normalized spacial score (nSPS) is 11.2. The second-order valence-electron chi connectivity index (χ2n) is 7.37. The highest BCUT2D eigenvalue weighted by Gasteiger charge is 2.05. The van der Waals surface area contributed by atoms with Crippen molar-refractivity contribution in [2.75, 3.05) is 12.8 Å². The first-order chi connectivity index (χ1) is 12.7. The fourth-order valence-electron chi connectivity index (χ4n) is 3.54. The summed E-state index contributed by atoms with van der Waals surface area (Å²) < 4.78 is 5.27. The standard InChI is InChI=1S/C23H36N2O/c1-3-4-5-6-7-8-9-10-11-12-13-14-20-17-19-15-16-21(26-2)18-22(19)23(24)25-20/h15-18H,3-14H2,1-2H3,(H2,24,25). The zero-order chi connectivity index (χ0) is 18.6. The molecule has 0 bridgehead atoms. The number of nitrogens with zero attached hydrogens (tertiary/aromatic N) is 1. The van der Waals surface area contributed by atoms with Crippen LogP contribution in [-0.2, 0) is 6.42 Å². The molecule has 0 fully saturated rings. The third kappa shape index (κ3) is 6.86. The van der Waals surface area contributed by atoms with E-state index in [1.165, 1.54) is 70.6 Å². The number of unbranched alkanes of at least 4 members (excludes halogenated alkanes) is 10. The van der Waals surface area contributed by atoms with Crippen molar-refractivity contribution in [2.24, 2.45) is 0 Å². The van der Waals surface area contributed by atoms with Gasteiger partial charge in [-0.25, -0.2) is 4.98 Å². The number of nitrogens with two attached hydrogens (primary N) is 1. The monoisotopic (exact) mass is 356 g/mol. The predicted octanol–water partition coefficient (Wildman–Crippen LogP) is 6.68. The molecule has 1 aromatic carbocycles. The minimum Gasteiger partial charge on any atom is -0.497 e. The summed E-state index contributed by atoms with van der Waals surface area (Å²) in [5.74, 6) is 1.43. The molecule has 0 spiro atoms. The van der Waals surface area contributed by atoms with E-state index in [1.54, 1.807) is 7.11 Å². The van der Waals surface area contributed by atoms with Crippen LogP contribution in [0.5, 0.6) is 5.75 Å². The SMILES string of the molecule is CCCCCCCCCCCCCc1cc2ccc(OC)cc2c(N)n1. The van der Waals surface area contributed by atoms with Crippen LogP contribution < -0.4 is 10.5 Å². The van der Waals surface area contributed by atoms with E-state index in [4.69, 9.17) is 10.5 Å². The zero-order valence-electron chi connectivity index (χ0n) is 16.7. The van der Waals surface area contributed by atoms with Gasteiger partial charge in [-0.3, -0.25) is 0 Å². The molecule has 0 saturated carbocycles. The molecule has 0 aliphatic carbocycles. The van der Waals surface area contributed by atoms with Gasteiger partial charge in [-0.15, -0.1) is 0 Å². The number of aromatic nitrogens is 1. The molecule has 0 atom stereocenters. The minimum absolute atomic E-state index is 0.611. The van der Waals surface area contributed by atoms with Gasteiger partial charge in [0.05, 0.1) is 7.11 Å². The number of aryl methyl sites for hydroxylation is 1. The molecule has 3 heteroatoms. The van der Waals surface area contributed by atoms with Crippen molar-refractivity contribution in [3.8, 4) is 5.75 Å². The molecule has 2 aromatic rings. The Morgan fingerprint density at radius 3 is 2.08 bits per heavy atom. The fourth-order valence-corrected chi connectivity index (χ4v) is 3.54. The Hall–Kier alpha value is -1.77. The molecule has 0 unspecified atom stereocenters. The van der Waals surface area contributed by atoms with E-state index < -0.39 is 0 Å². The van der Waals surface area contributed by atoms with Crippen molar-refractivity contribution < 1.29 is 4.74 Å². The van der Waals surface area contributed by atoms with Crippen LogP contribution in [0.15, 0.2) is 24.3 Å². The van der Waals surface area contributed by atoms with E-state index in [1.807, 2.05) is 12.1 Å². The number of hydrogen-bond acceptors (Lipinski definition) is 3. The van der Waals surface area contributed by atoms with E-state index in [0.29, 0.717) is 5.82 Å². The number of nitrogen functional groups attached to an aromatic ring is 1. The van der Waals surface area contributed by atoms with Crippen molar-refractivity contribution in [3.63, 3.8) is 0 Å². The molecule has 2 rings (SSSR count). The van der Waals surface area contributed by atoms with E-state index >= 15 is 0 Å². The van der Waals surface area contributed by atoms with Crippen LogP contribution in [0.1, 0.15) is 83.2 Å². The maximum absolute atomic E-state index is 6.14. The van der Waals surface area contributed by atoms with Gasteiger partial charge in [0.25, 0.3) is 0 Å². The summed E-state index contributed by atoms with van der Waals surface area (Å²) in [6.45, 7) is 2.28. The molecule has 1 heterocycles. The van der Waals surface area contributed by atoms with Gasteiger partial charge in [0, 0.05) is 11.1 Å². The lowest BCUT2D eigenvalue weighted by atomic mass is 10.0. The Balaban J connectivity index is 1.64. The summed E-state index contributed by atoms with van der Waals surface area (Å²) in [4.78, 5) is 4.58. The smallest absolute Gasteiger partial charge is 0.131 e. The number of fused-ring (bicyclic) bond motifs is 1. The molecule has 1 aromatic heterocycles. The molecular weight excluding hydrogens is 320 g/mol. The number of benzene rings is 1. The lowest BCUT2D eigenvalue weighted by Crippen LogP contribution is -1.98. The molecule has 0 aliphatic rings. The summed E-state index contributed by atoms with van der Waals surface area (Å²) in [6.07, 6.45) is 16.0. The number of ether oxygens (including phenoxy) is 1. The number of methoxy groups -OCH3 is 1. The Bertz CT molecular complexity index is 654. The summed E-state index contributed by atoms with van der Waals surface area (Å²) >= 11 is 0. The van der Waals surface area contributed by atoms with Crippen molar-refractivity contribution in [1.82, 2.24) is 4.98 Å². The van der Waals surface area contributed by atoms with Crippen LogP contribution in [0.25, 0.3) is 10.8 Å².